The lowest BCUT2D eigenvalue weighted by atomic mass is 10.2. The van der Waals surface area contributed by atoms with Crippen LogP contribution in [0.25, 0.3) is 0 Å². The summed E-state index contributed by atoms with van der Waals surface area (Å²) in [5, 5.41) is 3.45. The molecule has 0 saturated carbocycles. The van der Waals surface area contributed by atoms with E-state index in [4.69, 9.17) is 11.8 Å². The molecule has 1 aromatic rings. The molecule has 1 fully saturated rings. The predicted molar refractivity (Wildman–Crippen MR) is 55.9 cm³/mol. The van der Waals surface area contributed by atoms with Gasteiger partial charge in [0.15, 0.2) is 0 Å². The highest BCUT2D eigenvalue weighted by Gasteiger charge is 2.20. The lowest BCUT2D eigenvalue weighted by molar-refractivity contribution is 0.560. The van der Waals surface area contributed by atoms with Crippen molar-refractivity contribution >= 4 is 17.5 Å². The number of para-hydroxylation sites is 1. The van der Waals surface area contributed by atoms with E-state index in [2.05, 4.69) is 17.4 Å². The van der Waals surface area contributed by atoms with E-state index in [1.54, 1.807) is 0 Å². The zero-order valence-electron chi connectivity index (χ0n) is 7.41. The van der Waals surface area contributed by atoms with E-state index in [1.807, 2.05) is 22.6 Å². The van der Waals surface area contributed by atoms with Gasteiger partial charge in [-0.15, -0.1) is 0 Å². The smallest absolute Gasteiger partial charge is 0.0414 e. The first-order chi connectivity index (χ1) is 6.34. The Morgan fingerprint density at radius 1 is 1.31 bits per heavy atom. The van der Waals surface area contributed by atoms with Gasteiger partial charge >= 0.3 is 0 Å². The summed E-state index contributed by atoms with van der Waals surface area (Å²) in [4.78, 5) is 0. The maximum absolute atomic E-state index is 5.87. The molecule has 1 atom stereocenters. The van der Waals surface area contributed by atoms with Gasteiger partial charge in [0, 0.05) is 24.8 Å². The fraction of sp³-hybridized carbons (Fsp3) is 0.400. The van der Waals surface area contributed by atoms with Crippen molar-refractivity contribution in [2.24, 2.45) is 0 Å². The largest absolute Gasteiger partial charge is 0.381 e. The average Bonchev–Trinajstić information content (AvgIpc) is 2.53. The van der Waals surface area contributed by atoms with Crippen LogP contribution in [-0.4, -0.2) is 23.6 Å². The van der Waals surface area contributed by atoms with E-state index in [1.165, 1.54) is 5.69 Å². The first-order valence-electron chi connectivity index (χ1n) is 4.57. The van der Waals surface area contributed by atoms with Gasteiger partial charge < -0.3 is 5.32 Å². The van der Waals surface area contributed by atoms with E-state index in [0.29, 0.717) is 6.04 Å². The maximum Gasteiger partial charge on any atom is 0.0414 e. The summed E-state index contributed by atoms with van der Waals surface area (Å²) < 4.78 is 1.83. The summed E-state index contributed by atoms with van der Waals surface area (Å²) in [6, 6.07) is 10.8. The van der Waals surface area contributed by atoms with Gasteiger partial charge in [-0.3, -0.25) is 0 Å². The monoisotopic (exact) mass is 196 g/mol. The van der Waals surface area contributed by atoms with Gasteiger partial charge in [0.2, 0.25) is 0 Å². The van der Waals surface area contributed by atoms with E-state index in [-0.39, 0.29) is 0 Å². The molecule has 13 heavy (non-hydrogen) atoms. The minimum Gasteiger partial charge on any atom is -0.381 e. The van der Waals surface area contributed by atoms with Crippen molar-refractivity contribution < 1.29 is 0 Å². The number of nitrogens with one attached hydrogen (secondary N) is 1. The van der Waals surface area contributed by atoms with E-state index in [9.17, 15) is 0 Å². The third-order valence-electron chi connectivity index (χ3n) is 2.28. The van der Waals surface area contributed by atoms with Gasteiger partial charge in [0.1, 0.15) is 0 Å². The van der Waals surface area contributed by atoms with Crippen LogP contribution in [0.1, 0.15) is 6.42 Å². The van der Waals surface area contributed by atoms with Crippen molar-refractivity contribution in [3.05, 3.63) is 30.3 Å². The summed E-state index contributed by atoms with van der Waals surface area (Å²) in [6.45, 7) is 1.91. The Balaban J connectivity index is 1.92. The standard InChI is InChI=1S/C10H13ClN2/c11-13-7-6-10(8-13)12-9-4-2-1-3-5-9/h1-5,10,12H,6-8H2. The molecule has 3 heteroatoms. The van der Waals surface area contributed by atoms with Gasteiger partial charge in [-0.2, -0.15) is 0 Å². The molecule has 0 aromatic heterocycles. The molecule has 1 saturated heterocycles. The number of anilines is 1. The van der Waals surface area contributed by atoms with Crippen LogP contribution in [-0.2, 0) is 0 Å². The predicted octanol–water partition coefficient (Wildman–Crippen LogP) is 2.33. The number of benzene rings is 1. The molecule has 1 heterocycles. The van der Waals surface area contributed by atoms with Gasteiger partial charge in [-0.1, -0.05) is 18.2 Å². The highest BCUT2D eigenvalue weighted by molar-refractivity contribution is 6.13. The highest BCUT2D eigenvalue weighted by Crippen LogP contribution is 2.16. The molecule has 1 aliphatic rings. The second kappa shape index (κ2) is 3.99. The molecule has 2 rings (SSSR count). The number of hydrogen-bond acceptors (Lipinski definition) is 2. The fourth-order valence-electron chi connectivity index (χ4n) is 1.61. The van der Waals surface area contributed by atoms with Crippen molar-refractivity contribution in [1.82, 2.24) is 4.42 Å². The van der Waals surface area contributed by atoms with Crippen LogP contribution in [0.2, 0.25) is 0 Å². The van der Waals surface area contributed by atoms with Crippen molar-refractivity contribution in [2.75, 3.05) is 18.4 Å². The zero-order valence-corrected chi connectivity index (χ0v) is 8.17. The molecule has 0 bridgehead atoms. The third kappa shape index (κ3) is 2.36. The normalized spacial score (nSPS) is 23.3. The fourth-order valence-corrected chi connectivity index (χ4v) is 1.87. The summed E-state index contributed by atoms with van der Waals surface area (Å²) in [6.07, 6.45) is 1.12. The topological polar surface area (TPSA) is 15.3 Å². The minimum absolute atomic E-state index is 0.500. The number of hydrogen-bond donors (Lipinski definition) is 1. The molecule has 70 valence electrons. The Kier molecular flexibility index (Phi) is 2.71. The first kappa shape index (κ1) is 8.85. The van der Waals surface area contributed by atoms with Gasteiger partial charge in [0.05, 0.1) is 0 Å². The van der Waals surface area contributed by atoms with Crippen LogP contribution < -0.4 is 5.32 Å². The summed E-state index contributed by atoms with van der Waals surface area (Å²) in [5.74, 6) is 0. The SMILES string of the molecule is ClN1CCC(Nc2ccccc2)C1. The van der Waals surface area contributed by atoms with Crippen LogP contribution in [0.3, 0.4) is 0 Å². The first-order valence-corrected chi connectivity index (χ1v) is 4.91. The summed E-state index contributed by atoms with van der Waals surface area (Å²) >= 11 is 5.87. The Hall–Kier alpha value is -0.730. The number of nitrogens with zero attached hydrogens (tertiary/aromatic N) is 1. The van der Waals surface area contributed by atoms with E-state index < -0.39 is 0 Å². The molecule has 1 aromatic carbocycles. The lowest BCUT2D eigenvalue weighted by Gasteiger charge is -2.12. The van der Waals surface area contributed by atoms with Crippen LogP contribution in [0.15, 0.2) is 30.3 Å². The van der Waals surface area contributed by atoms with Crippen molar-refractivity contribution in [3.63, 3.8) is 0 Å². The third-order valence-corrected chi connectivity index (χ3v) is 2.59. The molecule has 1 aliphatic heterocycles. The van der Waals surface area contributed by atoms with E-state index >= 15 is 0 Å². The second-order valence-corrected chi connectivity index (χ2v) is 3.84. The second-order valence-electron chi connectivity index (χ2n) is 3.36. The molecule has 1 unspecified atom stereocenters. The van der Waals surface area contributed by atoms with Crippen molar-refractivity contribution in [2.45, 2.75) is 12.5 Å². The van der Waals surface area contributed by atoms with Crippen LogP contribution in [0.4, 0.5) is 5.69 Å². The number of rotatable bonds is 2. The molecule has 2 nitrogen and oxygen atoms in total. The van der Waals surface area contributed by atoms with Gasteiger partial charge in [-0.25, -0.2) is 4.42 Å². The molecule has 1 N–H and O–H groups in total. The molecular formula is C10H13ClN2. The molecule has 0 radical (unpaired) electrons. The van der Waals surface area contributed by atoms with E-state index in [0.717, 1.165) is 19.5 Å². The van der Waals surface area contributed by atoms with Gasteiger partial charge in [-0.05, 0) is 30.3 Å². The van der Waals surface area contributed by atoms with Crippen molar-refractivity contribution in [3.8, 4) is 0 Å². The Morgan fingerprint density at radius 2 is 2.08 bits per heavy atom. The van der Waals surface area contributed by atoms with Crippen LogP contribution in [0.5, 0.6) is 0 Å². The lowest BCUT2D eigenvalue weighted by Crippen LogP contribution is -2.21. The Bertz CT molecular complexity index is 263. The van der Waals surface area contributed by atoms with Gasteiger partial charge in [0.25, 0.3) is 0 Å². The maximum atomic E-state index is 5.87. The average molecular weight is 197 g/mol. The molecule has 0 amide bonds. The number of halogens is 1. The highest BCUT2D eigenvalue weighted by atomic mass is 35.5. The summed E-state index contributed by atoms with van der Waals surface area (Å²) in [7, 11) is 0. The Labute approximate surface area is 83.6 Å². The zero-order chi connectivity index (χ0) is 9.10. The Morgan fingerprint density at radius 3 is 2.69 bits per heavy atom. The minimum atomic E-state index is 0.500. The quantitative estimate of drug-likeness (QED) is 0.731. The molecular weight excluding hydrogens is 184 g/mol. The van der Waals surface area contributed by atoms with Crippen LogP contribution in [0, 0.1) is 0 Å². The van der Waals surface area contributed by atoms with Crippen molar-refractivity contribution in [1.29, 1.82) is 0 Å². The van der Waals surface area contributed by atoms with Crippen LogP contribution >= 0.6 is 11.8 Å². The summed E-state index contributed by atoms with van der Waals surface area (Å²) in [5.41, 5.74) is 1.18. The molecule has 0 spiro atoms. The molecule has 0 aliphatic carbocycles.